The Morgan fingerprint density at radius 1 is 1.22 bits per heavy atom. The van der Waals surface area contributed by atoms with E-state index in [4.69, 9.17) is 6.42 Å². The second kappa shape index (κ2) is 5.25. The van der Waals surface area contributed by atoms with Crippen molar-refractivity contribution in [1.29, 1.82) is 0 Å². The third kappa shape index (κ3) is 1.97. The molecule has 3 saturated carbocycles. The van der Waals surface area contributed by atoms with E-state index in [2.05, 4.69) is 25.5 Å². The van der Waals surface area contributed by atoms with E-state index in [1.165, 1.54) is 37.7 Å². The van der Waals surface area contributed by atoms with Crippen molar-refractivity contribution in [3.05, 3.63) is 23.8 Å². The van der Waals surface area contributed by atoms with Crippen LogP contribution in [0.3, 0.4) is 0 Å². The zero-order chi connectivity index (χ0) is 16.2. The molecule has 3 fully saturated rings. The number of fused-ring (bicyclic) bond motifs is 5. The lowest BCUT2D eigenvalue weighted by atomic mass is 9.49. The van der Waals surface area contributed by atoms with Crippen LogP contribution in [0.25, 0.3) is 0 Å². The SMILES string of the molecule is C#C[C@@]1(O)CC[C@H]2[C@@H]3CCC4=CC(=C)CC[C@@H]4[C@H]3CC[C@@]21CC. The Bertz CT molecular complexity index is 594. The average Bonchev–Trinajstić information content (AvgIpc) is 2.88. The number of aliphatic hydroxyl groups is 1. The minimum atomic E-state index is -0.853. The molecule has 4 rings (SSSR count). The first kappa shape index (κ1) is 15.5. The van der Waals surface area contributed by atoms with Crippen molar-refractivity contribution in [2.24, 2.45) is 29.1 Å². The molecule has 4 aliphatic carbocycles. The zero-order valence-electron chi connectivity index (χ0n) is 14.5. The lowest BCUT2D eigenvalue weighted by Crippen LogP contribution is -2.53. The minimum Gasteiger partial charge on any atom is -0.377 e. The van der Waals surface area contributed by atoms with Crippen molar-refractivity contribution in [3.63, 3.8) is 0 Å². The van der Waals surface area contributed by atoms with Crippen molar-refractivity contribution in [2.45, 2.75) is 70.3 Å². The molecule has 0 aliphatic heterocycles. The lowest BCUT2D eigenvalue weighted by Gasteiger charge is -2.56. The molecule has 0 amide bonds. The maximum absolute atomic E-state index is 11.1. The quantitative estimate of drug-likeness (QED) is 0.685. The molecule has 6 atom stereocenters. The summed E-state index contributed by atoms with van der Waals surface area (Å²) in [6.45, 7) is 6.43. The van der Waals surface area contributed by atoms with Crippen molar-refractivity contribution < 1.29 is 5.11 Å². The van der Waals surface area contributed by atoms with E-state index >= 15 is 0 Å². The molecule has 0 unspecified atom stereocenters. The fraction of sp³-hybridized carbons (Fsp3) is 0.727. The molecule has 0 aromatic rings. The molecule has 0 bridgehead atoms. The molecule has 0 saturated heterocycles. The Kier molecular flexibility index (Phi) is 3.54. The molecule has 23 heavy (non-hydrogen) atoms. The van der Waals surface area contributed by atoms with E-state index in [1.807, 2.05) is 0 Å². The average molecular weight is 310 g/mol. The molecular formula is C22H30O. The Morgan fingerprint density at radius 3 is 2.78 bits per heavy atom. The van der Waals surface area contributed by atoms with Crippen LogP contribution in [0.2, 0.25) is 0 Å². The van der Waals surface area contributed by atoms with Crippen LogP contribution in [0.1, 0.15) is 64.7 Å². The second-order valence-corrected chi connectivity index (χ2v) is 8.59. The van der Waals surface area contributed by atoms with Gasteiger partial charge in [-0.05, 0) is 81.5 Å². The van der Waals surface area contributed by atoms with E-state index in [9.17, 15) is 5.11 Å². The number of terminal acetylenes is 1. The summed E-state index contributed by atoms with van der Waals surface area (Å²) < 4.78 is 0. The van der Waals surface area contributed by atoms with Gasteiger partial charge in [-0.25, -0.2) is 0 Å². The third-order valence-electron chi connectivity index (χ3n) is 8.14. The largest absolute Gasteiger partial charge is 0.377 e. The van der Waals surface area contributed by atoms with Gasteiger partial charge in [0.25, 0.3) is 0 Å². The number of allylic oxidation sites excluding steroid dienone is 3. The fourth-order valence-electron chi connectivity index (χ4n) is 7.06. The highest BCUT2D eigenvalue weighted by Crippen LogP contribution is 2.66. The van der Waals surface area contributed by atoms with E-state index in [1.54, 1.807) is 5.57 Å². The highest BCUT2D eigenvalue weighted by atomic mass is 16.3. The predicted molar refractivity (Wildman–Crippen MR) is 94.6 cm³/mol. The Morgan fingerprint density at radius 2 is 2.04 bits per heavy atom. The van der Waals surface area contributed by atoms with Crippen LogP contribution in [-0.4, -0.2) is 10.7 Å². The van der Waals surface area contributed by atoms with Gasteiger partial charge in [0.05, 0.1) is 0 Å². The van der Waals surface area contributed by atoms with Crippen LogP contribution in [-0.2, 0) is 0 Å². The molecule has 124 valence electrons. The van der Waals surface area contributed by atoms with E-state index in [-0.39, 0.29) is 5.41 Å². The first-order chi connectivity index (χ1) is 11.0. The van der Waals surface area contributed by atoms with Crippen molar-refractivity contribution >= 4 is 0 Å². The van der Waals surface area contributed by atoms with Crippen molar-refractivity contribution in [2.75, 3.05) is 0 Å². The standard InChI is InChI=1S/C22H30O/c1-4-21-12-10-18-17-8-6-15(3)14-16(17)7-9-19(18)20(21)11-13-22(21,23)5-2/h2,14,17-20,23H,3-4,6-13H2,1H3/t17-,18+,19+,20-,21-,22+/m0/s1. The molecule has 0 heterocycles. The van der Waals surface area contributed by atoms with Gasteiger partial charge in [-0.15, -0.1) is 6.42 Å². The van der Waals surface area contributed by atoms with E-state index < -0.39 is 5.60 Å². The fourth-order valence-corrected chi connectivity index (χ4v) is 7.06. The van der Waals surface area contributed by atoms with Gasteiger partial charge in [0.2, 0.25) is 0 Å². The first-order valence-electron chi connectivity index (χ1n) is 9.63. The van der Waals surface area contributed by atoms with Crippen LogP contribution < -0.4 is 0 Å². The van der Waals surface area contributed by atoms with Gasteiger partial charge >= 0.3 is 0 Å². The molecule has 4 aliphatic rings. The summed E-state index contributed by atoms with van der Waals surface area (Å²) in [5.74, 6) is 5.85. The lowest BCUT2D eigenvalue weighted by molar-refractivity contribution is -0.0991. The monoisotopic (exact) mass is 310 g/mol. The maximum atomic E-state index is 11.1. The summed E-state index contributed by atoms with van der Waals surface area (Å²) in [5, 5.41) is 11.1. The van der Waals surface area contributed by atoms with E-state index in [0.717, 1.165) is 43.4 Å². The van der Waals surface area contributed by atoms with Crippen LogP contribution in [0.4, 0.5) is 0 Å². The van der Waals surface area contributed by atoms with Gasteiger partial charge in [0.15, 0.2) is 0 Å². The van der Waals surface area contributed by atoms with Gasteiger partial charge in [-0.1, -0.05) is 36.6 Å². The smallest absolute Gasteiger partial charge is 0.131 e. The Balaban J connectivity index is 1.67. The normalized spacial score (nSPS) is 48.7. The van der Waals surface area contributed by atoms with Crippen LogP contribution >= 0.6 is 0 Å². The topological polar surface area (TPSA) is 20.2 Å². The van der Waals surface area contributed by atoms with Crippen molar-refractivity contribution in [1.82, 2.24) is 0 Å². The Hall–Kier alpha value is -1.00. The molecule has 0 aromatic heterocycles. The van der Waals surface area contributed by atoms with E-state index in [0.29, 0.717) is 5.92 Å². The summed E-state index contributed by atoms with van der Waals surface area (Å²) >= 11 is 0. The number of hydrogen-bond donors (Lipinski definition) is 1. The van der Waals surface area contributed by atoms with Crippen LogP contribution in [0, 0.1) is 41.4 Å². The van der Waals surface area contributed by atoms with Gasteiger partial charge < -0.3 is 5.11 Å². The van der Waals surface area contributed by atoms with Gasteiger partial charge in [-0.2, -0.15) is 0 Å². The van der Waals surface area contributed by atoms with Crippen LogP contribution in [0.15, 0.2) is 23.8 Å². The Labute approximate surface area is 141 Å². The van der Waals surface area contributed by atoms with Crippen LogP contribution in [0.5, 0.6) is 0 Å². The number of rotatable bonds is 1. The molecule has 1 N–H and O–H groups in total. The highest BCUT2D eigenvalue weighted by Gasteiger charge is 2.63. The van der Waals surface area contributed by atoms with Crippen molar-refractivity contribution in [3.8, 4) is 12.3 Å². The molecule has 0 aromatic carbocycles. The molecule has 1 heteroatoms. The first-order valence-corrected chi connectivity index (χ1v) is 9.63. The summed E-state index contributed by atoms with van der Waals surface area (Å²) in [6, 6.07) is 0. The zero-order valence-corrected chi connectivity index (χ0v) is 14.5. The number of hydrogen-bond acceptors (Lipinski definition) is 1. The van der Waals surface area contributed by atoms with Gasteiger partial charge in [0, 0.05) is 5.41 Å². The molecule has 0 spiro atoms. The highest BCUT2D eigenvalue weighted by molar-refractivity contribution is 5.31. The van der Waals surface area contributed by atoms with Gasteiger partial charge in [0.1, 0.15) is 5.60 Å². The second-order valence-electron chi connectivity index (χ2n) is 8.59. The molecule has 0 radical (unpaired) electrons. The molecular weight excluding hydrogens is 280 g/mol. The maximum Gasteiger partial charge on any atom is 0.131 e. The summed E-state index contributed by atoms with van der Waals surface area (Å²) in [4.78, 5) is 0. The third-order valence-corrected chi connectivity index (χ3v) is 8.14. The summed E-state index contributed by atoms with van der Waals surface area (Å²) in [7, 11) is 0. The molecule has 1 nitrogen and oxygen atoms in total. The predicted octanol–water partition coefficient (Wildman–Crippen LogP) is 4.87. The summed E-state index contributed by atoms with van der Waals surface area (Å²) in [6.07, 6.45) is 18.6. The van der Waals surface area contributed by atoms with Gasteiger partial charge in [-0.3, -0.25) is 0 Å². The minimum absolute atomic E-state index is 0.0115. The summed E-state index contributed by atoms with van der Waals surface area (Å²) in [5.41, 5.74) is 2.14.